The molecule has 2 unspecified atom stereocenters. The zero-order valence-corrected chi connectivity index (χ0v) is 18.7. The lowest BCUT2D eigenvalue weighted by molar-refractivity contribution is 0.0902. The Morgan fingerprint density at radius 1 is 1.22 bits per heavy atom. The van der Waals surface area contributed by atoms with Gasteiger partial charge in [0.15, 0.2) is 11.6 Å². The lowest BCUT2D eigenvalue weighted by Crippen LogP contribution is -2.18. The SMILES string of the molecule is CC.CC/C=C(/C)CCCC1C/C=C/CC(C)c2scc(C(C)=O)c2C1=O. The number of rotatable bonds is 6. The van der Waals surface area contributed by atoms with Gasteiger partial charge in [0.05, 0.1) is 0 Å². The number of ketones is 2. The van der Waals surface area contributed by atoms with Gasteiger partial charge in [0.2, 0.25) is 0 Å². The first-order valence-corrected chi connectivity index (χ1v) is 11.3. The predicted molar refractivity (Wildman–Crippen MR) is 118 cm³/mol. The highest BCUT2D eigenvalue weighted by atomic mass is 32.1. The number of carbonyl (C=O) groups is 2. The highest BCUT2D eigenvalue weighted by Crippen LogP contribution is 2.36. The van der Waals surface area contributed by atoms with Crippen molar-refractivity contribution in [2.24, 2.45) is 5.92 Å². The van der Waals surface area contributed by atoms with Crippen molar-refractivity contribution in [2.45, 2.75) is 86.0 Å². The van der Waals surface area contributed by atoms with Crippen LogP contribution in [0.2, 0.25) is 0 Å². The van der Waals surface area contributed by atoms with Gasteiger partial charge >= 0.3 is 0 Å². The summed E-state index contributed by atoms with van der Waals surface area (Å²) >= 11 is 1.58. The molecule has 0 N–H and O–H groups in total. The van der Waals surface area contributed by atoms with Crippen molar-refractivity contribution in [1.82, 2.24) is 0 Å². The number of allylic oxidation sites excluding steroid dienone is 4. The first-order valence-electron chi connectivity index (χ1n) is 10.4. The van der Waals surface area contributed by atoms with Gasteiger partial charge in [-0.2, -0.15) is 0 Å². The fraction of sp³-hybridized carbons (Fsp3) is 0.583. The fourth-order valence-electron chi connectivity index (χ4n) is 3.55. The average Bonchev–Trinajstić information content (AvgIpc) is 3.10. The molecule has 1 heterocycles. The Morgan fingerprint density at radius 3 is 2.52 bits per heavy atom. The number of hydrogen-bond donors (Lipinski definition) is 0. The maximum atomic E-state index is 13.3. The molecule has 0 aromatic carbocycles. The van der Waals surface area contributed by atoms with Crippen LogP contribution in [0, 0.1) is 5.92 Å². The van der Waals surface area contributed by atoms with E-state index in [0.29, 0.717) is 11.5 Å². The number of Topliss-reactive ketones (excluding diaryl/α,β-unsaturated/α-hetero) is 2. The number of hydrogen-bond acceptors (Lipinski definition) is 3. The molecule has 0 saturated carbocycles. The van der Waals surface area contributed by atoms with Gasteiger partial charge in [0.25, 0.3) is 0 Å². The summed E-state index contributed by atoms with van der Waals surface area (Å²) in [5.74, 6) is 0.465. The van der Waals surface area contributed by atoms with Crippen LogP contribution in [-0.4, -0.2) is 11.6 Å². The summed E-state index contributed by atoms with van der Waals surface area (Å²) in [5.41, 5.74) is 2.76. The third kappa shape index (κ3) is 6.57. The second kappa shape index (κ2) is 12.1. The summed E-state index contributed by atoms with van der Waals surface area (Å²) in [5, 5.41) is 1.89. The maximum Gasteiger partial charge on any atom is 0.168 e. The lowest BCUT2D eigenvalue weighted by Gasteiger charge is -2.16. The molecule has 27 heavy (non-hydrogen) atoms. The molecular formula is C24H36O2S. The van der Waals surface area contributed by atoms with Gasteiger partial charge in [-0.3, -0.25) is 9.59 Å². The van der Waals surface area contributed by atoms with Crippen molar-refractivity contribution >= 4 is 22.9 Å². The topological polar surface area (TPSA) is 34.1 Å². The largest absolute Gasteiger partial charge is 0.294 e. The van der Waals surface area contributed by atoms with E-state index in [4.69, 9.17) is 0 Å². The molecule has 2 atom stereocenters. The van der Waals surface area contributed by atoms with E-state index in [2.05, 4.69) is 39.0 Å². The number of carbonyl (C=O) groups excluding carboxylic acids is 2. The van der Waals surface area contributed by atoms with Gasteiger partial charge < -0.3 is 0 Å². The summed E-state index contributed by atoms with van der Waals surface area (Å²) in [4.78, 5) is 26.4. The molecule has 0 saturated heterocycles. The molecule has 1 aromatic heterocycles. The van der Waals surface area contributed by atoms with Gasteiger partial charge in [-0.05, 0) is 58.3 Å². The van der Waals surface area contributed by atoms with Gasteiger partial charge in [0, 0.05) is 27.3 Å². The van der Waals surface area contributed by atoms with E-state index in [1.54, 1.807) is 18.3 Å². The summed E-state index contributed by atoms with van der Waals surface area (Å²) in [6.07, 6.45) is 12.4. The Morgan fingerprint density at radius 2 is 1.89 bits per heavy atom. The molecule has 150 valence electrons. The molecule has 0 amide bonds. The van der Waals surface area contributed by atoms with Crippen molar-refractivity contribution < 1.29 is 9.59 Å². The lowest BCUT2D eigenvalue weighted by atomic mass is 9.86. The predicted octanol–water partition coefficient (Wildman–Crippen LogP) is 7.76. The molecule has 0 fully saturated rings. The van der Waals surface area contributed by atoms with E-state index >= 15 is 0 Å². The van der Waals surface area contributed by atoms with E-state index in [1.807, 2.05) is 19.2 Å². The van der Waals surface area contributed by atoms with Gasteiger partial charge in [-0.15, -0.1) is 11.3 Å². The van der Waals surface area contributed by atoms with Crippen molar-refractivity contribution in [2.75, 3.05) is 0 Å². The van der Waals surface area contributed by atoms with Crippen LogP contribution in [0.4, 0.5) is 0 Å². The van der Waals surface area contributed by atoms with E-state index in [-0.39, 0.29) is 17.5 Å². The Hall–Kier alpha value is -1.48. The minimum absolute atomic E-state index is 0.00531. The van der Waals surface area contributed by atoms with Crippen LogP contribution >= 0.6 is 11.3 Å². The highest BCUT2D eigenvalue weighted by molar-refractivity contribution is 7.10. The average molecular weight is 389 g/mol. The summed E-state index contributed by atoms with van der Waals surface area (Å²) in [6.45, 7) is 12.0. The molecule has 0 aliphatic heterocycles. The van der Waals surface area contributed by atoms with E-state index in [9.17, 15) is 9.59 Å². The zero-order chi connectivity index (χ0) is 20.4. The molecule has 3 heteroatoms. The first kappa shape index (κ1) is 23.6. The molecule has 1 aromatic rings. The van der Waals surface area contributed by atoms with Crippen LogP contribution < -0.4 is 0 Å². The number of thiophene rings is 1. The first-order chi connectivity index (χ1) is 13.0. The molecule has 1 aliphatic rings. The second-order valence-corrected chi connectivity index (χ2v) is 8.11. The minimum atomic E-state index is -0.0116. The van der Waals surface area contributed by atoms with Crippen LogP contribution in [0.15, 0.2) is 29.2 Å². The quantitative estimate of drug-likeness (QED) is 0.368. The van der Waals surface area contributed by atoms with Crippen LogP contribution in [-0.2, 0) is 0 Å². The summed E-state index contributed by atoms with van der Waals surface area (Å²) < 4.78 is 0. The Bertz CT molecular complexity index is 679. The molecule has 1 aliphatic carbocycles. The van der Waals surface area contributed by atoms with Crippen LogP contribution in [0.1, 0.15) is 112 Å². The highest BCUT2D eigenvalue weighted by Gasteiger charge is 2.29. The van der Waals surface area contributed by atoms with Crippen molar-refractivity contribution in [3.8, 4) is 0 Å². The summed E-state index contributed by atoms with van der Waals surface area (Å²) in [6, 6.07) is 0. The standard InChI is InChI=1S/C22H30O2S.C2H6/c1-5-9-15(2)10-8-13-18-12-7-6-11-16(3)22-20(21(18)24)19(14-25-22)17(4)23;1-2/h6-7,9,14,16,18H,5,8,10-13H2,1-4H3;1-2H3/b7-6+,15-9-;. The maximum absolute atomic E-state index is 13.3. The summed E-state index contributed by atoms with van der Waals surface area (Å²) in [7, 11) is 0. The van der Waals surface area contributed by atoms with Crippen molar-refractivity contribution in [3.63, 3.8) is 0 Å². The number of fused-ring (bicyclic) bond motifs is 1. The molecule has 0 spiro atoms. The molecule has 2 nitrogen and oxygen atoms in total. The molecule has 2 rings (SSSR count). The van der Waals surface area contributed by atoms with E-state index in [0.717, 1.165) is 49.0 Å². The third-order valence-electron chi connectivity index (χ3n) is 5.02. The van der Waals surface area contributed by atoms with E-state index in [1.165, 1.54) is 5.57 Å². The Labute approximate surface area is 169 Å². The van der Waals surface area contributed by atoms with Crippen LogP contribution in [0.3, 0.4) is 0 Å². The van der Waals surface area contributed by atoms with Crippen molar-refractivity contribution in [3.05, 3.63) is 45.2 Å². The second-order valence-electron chi connectivity index (χ2n) is 7.20. The zero-order valence-electron chi connectivity index (χ0n) is 17.9. The smallest absolute Gasteiger partial charge is 0.168 e. The third-order valence-corrected chi connectivity index (χ3v) is 6.23. The Kier molecular flexibility index (Phi) is 10.5. The van der Waals surface area contributed by atoms with Gasteiger partial charge in [0.1, 0.15) is 0 Å². The minimum Gasteiger partial charge on any atom is -0.294 e. The van der Waals surface area contributed by atoms with Crippen LogP contribution in [0.5, 0.6) is 0 Å². The van der Waals surface area contributed by atoms with Gasteiger partial charge in [-0.1, -0.05) is 51.5 Å². The molecule has 0 bridgehead atoms. The van der Waals surface area contributed by atoms with Gasteiger partial charge in [-0.25, -0.2) is 0 Å². The monoisotopic (exact) mass is 388 g/mol. The fourth-order valence-corrected chi connectivity index (χ4v) is 4.74. The Balaban J connectivity index is 0.00000176. The van der Waals surface area contributed by atoms with E-state index < -0.39 is 0 Å². The van der Waals surface area contributed by atoms with Crippen LogP contribution in [0.25, 0.3) is 0 Å². The van der Waals surface area contributed by atoms with Crippen molar-refractivity contribution in [1.29, 1.82) is 0 Å². The molecular weight excluding hydrogens is 352 g/mol. The molecule has 0 radical (unpaired) electrons. The normalized spacial score (nSPS) is 21.3.